The van der Waals surface area contributed by atoms with E-state index in [4.69, 9.17) is 32.7 Å². The number of piperidine rings is 2. The number of benzene rings is 4. The van der Waals surface area contributed by atoms with E-state index in [1.165, 1.54) is 25.7 Å². The molecule has 0 aliphatic carbocycles. The Morgan fingerprint density at radius 2 is 1.04 bits per heavy atom. The molecule has 0 saturated carbocycles. The second-order valence-corrected chi connectivity index (χ2v) is 17.9. The largest absolute Gasteiger partial charge is 0.397 e. The summed E-state index contributed by atoms with van der Waals surface area (Å²) in [7, 11) is 0. The van der Waals surface area contributed by atoms with Gasteiger partial charge in [0.05, 0.1) is 45.2 Å². The fraction of sp³-hybridized carbons (Fsp3) is 0.269. The van der Waals surface area contributed by atoms with Crippen LogP contribution in [0.2, 0.25) is 0 Å². The minimum Gasteiger partial charge on any atom is -0.397 e. The number of nitrogens with zero attached hydrogens (tertiary/aromatic N) is 8. The number of nitrogens with two attached hydrogens (primary N) is 3. The molecule has 4 aliphatic heterocycles. The molecular formula is C52H53BrN12O2. The average Bonchev–Trinajstić information content (AvgIpc) is 4.04. The summed E-state index contributed by atoms with van der Waals surface area (Å²) in [4.78, 5) is 41.2. The van der Waals surface area contributed by atoms with E-state index in [0.717, 1.165) is 118 Å². The van der Waals surface area contributed by atoms with Crippen molar-refractivity contribution in [3.05, 3.63) is 131 Å². The molecule has 0 bridgehead atoms. The molecule has 4 aromatic carbocycles. The lowest BCUT2D eigenvalue weighted by Gasteiger charge is -2.30. The van der Waals surface area contributed by atoms with E-state index in [1.54, 1.807) is 26.5 Å². The highest BCUT2D eigenvalue weighted by Gasteiger charge is 2.35. The number of allylic oxidation sites excluding steroid dienone is 4. The van der Waals surface area contributed by atoms with Crippen molar-refractivity contribution in [1.29, 1.82) is 5.26 Å². The summed E-state index contributed by atoms with van der Waals surface area (Å²) in [5, 5.41) is 17.0. The fourth-order valence-electron chi connectivity index (χ4n) is 9.93. The number of H-pyrrole nitrogens is 1. The number of imidazole rings is 1. The molecule has 14 nitrogen and oxygen atoms in total. The van der Waals surface area contributed by atoms with Crippen LogP contribution in [0.3, 0.4) is 0 Å². The molecule has 0 radical (unpaired) electrons. The molecule has 7 aromatic rings. The number of nitrogen functional groups attached to an aromatic ring is 3. The molecule has 0 atom stereocenters. The zero-order chi connectivity index (χ0) is 46.8. The Kier molecular flexibility index (Phi) is 12.8. The van der Waals surface area contributed by atoms with Crippen LogP contribution in [0.15, 0.2) is 108 Å². The number of nitrogens with one attached hydrogen (secondary N) is 1. The third-order valence-electron chi connectivity index (χ3n) is 13.0. The highest BCUT2D eigenvalue weighted by Crippen LogP contribution is 2.42. The molecule has 3 aromatic heterocycles. The van der Waals surface area contributed by atoms with Gasteiger partial charge in [0.1, 0.15) is 16.4 Å². The lowest BCUT2D eigenvalue weighted by molar-refractivity contribution is 0.0950. The van der Waals surface area contributed by atoms with Gasteiger partial charge in [-0.2, -0.15) is 24.8 Å². The maximum absolute atomic E-state index is 13.8. The Morgan fingerprint density at radius 3 is 1.51 bits per heavy atom. The molecule has 7 heterocycles. The quantitative estimate of drug-likeness (QED) is 0.115. The smallest absolute Gasteiger partial charge is 0.279 e. The number of aromatic nitrogens is 6. The number of fused-ring (bicyclic) bond motifs is 3. The first-order valence-corrected chi connectivity index (χ1v) is 23.6. The molecule has 15 heteroatoms. The molecular weight excluding hydrogens is 905 g/mol. The summed E-state index contributed by atoms with van der Waals surface area (Å²) in [5.41, 5.74) is 33.5. The maximum Gasteiger partial charge on any atom is 0.279 e. The number of carbonyl (C=O) groups is 2. The lowest BCUT2D eigenvalue weighted by Crippen LogP contribution is -2.31. The zero-order valence-corrected chi connectivity index (χ0v) is 39.3. The van der Waals surface area contributed by atoms with Gasteiger partial charge in [0, 0.05) is 77.2 Å². The van der Waals surface area contributed by atoms with E-state index in [0.29, 0.717) is 41.3 Å². The normalized spacial score (nSPS) is 15.9. The first kappa shape index (κ1) is 44.7. The van der Waals surface area contributed by atoms with Gasteiger partial charge in [0.15, 0.2) is 5.95 Å². The summed E-state index contributed by atoms with van der Waals surface area (Å²) in [6.07, 6.45) is 8.53. The van der Waals surface area contributed by atoms with Crippen molar-refractivity contribution in [2.45, 2.75) is 65.2 Å². The van der Waals surface area contributed by atoms with Gasteiger partial charge in [0.2, 0.25) is 0 Å². The SMILES string of the molecule is CC1=C(c2ccc(N)c(N)c2)C(=O)n2nc(-c3ccccc3)c(N3CCCCC3)c2C1.CC1=C(c2ccc3nc(N)[nH]c3c2)C(=O)n2nc(-c3ccccc3)c(N3CCCCC3)c2C1.N#CBr. The summed E-state index contributed by atoms with van der Waals surface area (Å²) < 4.78 is 3.25. The number of halogens is 1. The maximum atomic E-state index is 13.8. The number of hydrogen-bond acceptors (Lipinski definition) is 11. The minimum atomic E-state index is -0.108. The number of hydrogen-bond donors (Lipinski definition) is 4. The average molecular weight is 958 g/mol. The monoisotopic (exact) mass is 956 g/mol. The van der Waals surface area contributed by atoms with Crippen LogP contribution in [0, 0.1) is 10.2 Å². The first-order chi connectivity index (χ1) is 32.6. The summed E-state index contributed by atoms with van der Waals surface area (Å²) in [6, 6.07) is 31.6. The van der Waals surface area contributed by atoms with Gasteiger partial charge >= 0.3 is 0 Å². The third kappa shape index (κ3) is 8.72. The molecule has 2 fully saturated rings. The predicted octanol–water partition coefficient (Wildman–Crippen LogP) is 9.91. The summed E-state index contributed by atoms with van der Waals surface area (Å²) in [6.45, 7) is 8.07. The van der Waals surface area contributed by atoms with Crippen LogP contribution in [0.4, 0.5) is 28.7 Å². The molecule has 11 rings (SSSR count). The van der Waals surface area contributed by atoms with Gasteiger partial charge in [-0.3, -0.25) is 9.59 Å². The molecule has 4 aliphatic rings. The molecule has 0 amide bonds. The molecule has 2 saturated heterocycles. The Labute approximate surface area is 397 Å². The van der Waals surface area contributed by atoms with Gasteiger partial charge < -0.3 is 32.0 Å². The second kappa shape index (κ2) is 19.2. The van der Waals surface area contributed by atoms with E-state index in [-0.39, 0.29) is 11.8 Å². The Morgan fingerprint density at radius 1 is 0.597 bits per heavy atom. The van der Waals surface area contributed by atoms with Crippen molar-refractivity contribution in [1.82, 2.24) is 29.5 Å². The first-order valence-electron chi connectivity index (χ1n) is 22.8. The predicted molar refractivity (Wildman–Crippen MR) is 272 cm³/mol. The highest BCUT2D eigenvalue weighted by molar-refractivity contribution is 9.12. The van der Waals surface area contributed by atoms with Crippen molar-refractivity contribution < 1.29 is 9.59 Å². The van der Waals surface area contributed by atoms with Crippen molar-refractivity contribution in [3.63, 3.8) is 0 Å². The van der Waals surface area contributed by atoms with Crippen LogP contribution >= 0.6 is 15.9 Å². The van der Waals surface area contributed by atoms with Crippen molar-refractivity contribution in [2.24, 2.45) is 0 Å². The number of anilines is 5. The highest BCUT2D eigenvalue weighted by atomic mass is 79.9. The fourth-order valence-corrected chi connectivity index (χ4v) is 9.93. The topological polar surface area (TPSA) is 207 Å². The van der Waals surface area contributed by atoms with Crippen LogP contribution in [0.1, 0.15) is 84.5 Å². The molecule has 340 valence electrons. The summed E-state index contributed by atoms with van der Waals surface area (Å²) in [5.74, 6) is 0.181. The zero-order valence-electron chi connectivity index (χ0n) is 37.7. The minimum absolute atomic E-state index is 0.0824. The van der Waals surface area contributed by atoms with Crippen LogP contribution in [0.25, 0.3) is 44.7 Å². The van der Waals surface area contributed by atoms with E-state index in [1.807, 2.05) is 67.6 Å². The molecule has 67 heavy (non-hydrogen) atoms. The van der Waals surface area contributed by atoms with Gasteiger partial charge in [-0.1, -0.05) is 83.9 Å². The number of rotatable bonds is 6. The lowest BCUT2D eigenvalue weighted by atomic mass is 9.92. The van der Waals surface area contributed by atoms with Crippen LogP contribution in [0.5, 0.6) is 0 Å². The van der Waals surface area contributed by atoms with Gasteiger partial charge in [-0.15, -0.1) is 0 Å². The van der Waals surface area contributed by atoms with E-state index >= 15 is 0 Å². The van der Waals surface area contributed by atoms with E-state index in [2.05, 4.69) is 66.9 Å². The second-order valence-electron chi connectivity index (χ2n) is 17.5. The van der Waals surface area contributed by atoms with Crippen molar-refractivity contribution >= 4 is 78.6 Å². The van der Waals surface area contributed by atoms with E-state index in [9.17, 15) is 9.59 Å². The Hall–Kier alpha value is -7.44. The molecule has 0 spiro atoms. The molecule has 0 unspecified atom stereocenters. The Bertz CT molecular complexity index is 3110. The molecule has 7 N–H and O–H groups in total. The Balaban J connectivity index is 0.000000159. The van der Waals surface area contributed by atoms with Crippen molar-refractivity contribution in [3.8, 4) is 27.5 Å². The van der Waals surface area contributed by atoms with E-state index < -0.39 is 0 Å². The summed E-state index contributed by atoms with van der Waals surface area (Å²) >= 11 is 2.45. The van der Waals surface area contributed by atoms with Gasteiger partial charge in [0.25, 0.3) is 11.8 Å². The number of nitriles is 1. The van der Waals surface area contributed by atoms with Gasteiger partial charge in [-0.25, -0.2) is 4.98 Å². The van der Waals surface area contributed by atoms with Crippen molar-refractivity contribution in [2.75, 3.05) is 53.2 Å². The van der Waals surface area contributed by atoms with Crippen LogP contribution in [-0.2, 0) is 12.8 Å². The van der Waals surface area contributed by atoms with Crippen LogP contribution < -0.4 is 27.0 Å². The third-order valence-corrected chi connectivity index (χ3v) is 13.0. The standard InChI is InChI=1S/C26H26N6O.C25H27N5O.CBrN/c1-16-14-21-24(31-12-6-3-7-13-31)23(17-8-4-2-5-9-17)30-32(21)25(33)22(16)18-10-11-19-20(15-18)29-26(27)28-19;1-16-14-21-24(29-12-6-3-7-13-29)23(17-8-4-2-5-9-17)28-30(21)25(31)22(16)18-10-11-19(26)20(27)15-18;2-1-3/h2,4-5,8-11,15H,3,6-7,12-14H2,1H3,(H3,27,28,29);2,4-5,8-11,15H,3,6-7,12-14,26-27H2,1H3;. The number of carbonyl (C=O) groups excluding carboxylic acids is 2. The van der Waals surface area contributed by atoms with Gasteiger partial charge in [-0.05, 0) is 87.8 Å². The van der Waals surface area contributed by atoms with Crippen LogP contribution in [-0.4, -0.2) is 67.5 Å². The number of aromatic amines is 1.